The molecule has 0 N–H and O–H groups in total. The summed E-state index contributed by atoms with van der Waals surface area (Å²) in [5.74, 6) is 0. The number of rotatable bonds is 2. The lowest BCUT2D eigenvalue weighted by Gasteiger charge is -2.21. The van der Waals surface area contributed by atoms with Crippen molar-refractivity contribution in [2.75, 3.05) is 7.05 Å². The highest BCUT2D eigenvalue weighted by Crippen LogP contribution is 2.13. The van der Waals surface area contributed by atoms with Crippen molar-refractivity contribution >= 4 is 6.34 Å². The highest BCUT2D eigenvalue weighted by atomic mass is 15.3. The molecule has 2 heteroatoms. The van der Waals surface area contributed by atoms with E-state index in [9.17, 15) is 0 Å². The van der Waals surface area contributed by atoms with Crippen LogP contribution in [-0.4, -0.2) is 17.9 Å². The first-order valence-corrected chi connectivity index (χ1v) is 4.39. The van der Waals surface area contributed by atoms with Crippen LogP contribution in [0.3, 0.4) is 0 Å². The minimum Gasteiger partial charge on any atom is -0.252 e. The van der Waals surface area contributed by atoms with Gasteiger partial charge in [0.25, 0.3) is 0 Å². The first-order chi connectivity index (χ1) is 6.29. The van der Waals surface area contributed by atoms with E-state index in [1.165, 1.54) is 5.56 Å². The quantitative estimate of drug-likeness (QED) is 0.608. The minimum absolute atomic E-state index is 0.768. The Balaban J connectivity index is 2.15. The molecule has 0 radical (unpaired) electrons. The zero-order valence-electron chi connectivity index (χ0n) is 7.72. The molecule has 1 heterocycles. The van der Waals surface area contributed by atoms with Crippen LogP contribution in [0.5, 0.6) is 0 Å². The summed E-state index contributed by atoms with van der Waals surface area (Å²) in [6, 6.07) is 10.5. The lowest BCUT2D eigenvalue weighted by atomic mass is 10.2. The van der Waals surface area contributed by atoms with Crippen molar-refractivity contribution in [2.45, 2.75) is 6.54 Å². The summed E-state index contributed by atoms with van der Waals surface area (Å²) >= 11 is 0. The van der Waals surface area contributed by atoms with Gasteiger partial charge >= 0.3 is 0 Å². The average molecular weight is 173 g/mol. The molecule has 0 spiro atoms. The summed E-state index contributed by atoms with van der Waals surface area (Å²) in [7, 11) is 2.14. The number of aliphatic imine (C=N–C) groups is 1. The molecule has 1 aliphatic heterocycles. The van der Waals surface area contributed by atoms with Crippen LogP contribution in [0, 0.1) is 0 Å². The summed E-state index contributed by atoms with van der Waals surface area (Å²) < 4.78 is 0.768. The highest BCUT2D eigenvalue weighted by Gasteiger charge is 2.19. The summed E-state index contributed by atoms with van der Waals surface area (Å²) in [5.41, 5.74) is 1.34. The lowest BCUT2D eigenvalue weighted by Crippen LogP contribution is -2.33. The Hall–Kier alpha value is -1.41. The van der Waals surface area contributed by atoms with Gasteiger partial charge in [0.05, 0.1) is 13.2 Å². The SMILES string of the molecule is C[N+]1(Cc2ccccc2)C=CN=C1. The second-order valence-electron chi connectivity index (χ2n) is 3.55. The molecule has 0 amide bonds. The van der Waals surface area contributed by atoms with Gasteiger partial charge in [-0.3, -0.25) is 4.48 Å². The maximum atomic E-state index is 4.10. The van der Waals surface area contributed by atoms with Crippen LogP contribution in [-0.2, 0) is 6.54 Å². The Kier molecular flexibility index (Phi) is 1.99. The second kappa shape index (κ2) is 3.15. The first kappa shape index (κ1) is 8.20. The topological polar surface area (TPSA) is 12.4 Å². The smallest absolute Gasteiger partial charge is 0.194 e. The molecular formula is C11H13N2+. The molecule has 1 aromatic rings. The molecule has 0 fully saturated rings. The number of quaternary nitrogens is 1. The second-order valence-corrected chi connectivity index (χ2v) is 3.55. The predicted molar refractivity (Wildman–Crippen MR) is 54.0 cm³/mol. The maximum absolute atomic E-state index is 4.10. The number of hydrogen-bond donors (Lipinski definition) is 0. The largest absolute Gasteiger partial charge is 0.252 e. The minimum atomic E-state index is 0.768. The van der Waals surface area contributed by atoms with Gasteiger partial charge < -0.3 is 0 Å². The van der Waals surface area contributed by atoms with Crippen LogP contribution in [0.1, 0.15) is 5.56 Å². The van der Waals surface area contributed by atoms with E-state index in [4.69, 9.17) is 0 Å². The fourth-order valence-corrected chi connectivity index (χ4v) is 1.49. The molecule has 2 rings (SSSR count). The molecule has 0 aromatic heterocycles. The van der Waals surface area contributed by atoms with Crippen molar-refractivity contribution in [1.29, 1.82) is 0 Å². The van der Waals surface area contributed by atoms with Crippen LogP contribution in [0.25, 0.3) is 0 Å². The van der Waals surface area contributed by atoms with Crippen molar-refractivity contribution in [3.63, 3.8) is 0 Å². The van der Waals surface area contributed by atoms with Gasteiger partial charge in [-0.05, 0) is 0 Å². The summed E-state index contributed by atoms with van der Waals surface area (Å²) in [6.45, 7) is 0.973. The Labute approximate surface area is 78.4 Å². The molecule has 0 saturated carbocycles. The maximum Gasteiger partial charge on any atom is 0.194 e. The summed E-state index contributed by atoms with van der Waals surface area (Å²) in [4.78, 5) is 4.10. The van der Waals surface area contributed by atoms with E-state index in [1.54, 1.807) is 0 Å². The fourth-order valence-electron chi connectivity index (χ4n) is 1.49. The van der Waals surface area contributed by atoms with Crippen molar-refractivity contribution < 1.29 is 4.48 Å². The van der Waals surface area contributed by atoms with Crippen molar-refractivity contribution in [3.05, 3.63) is 48.3 Å². The molecule has 1 aromatic carbocycles. The van der Waals surface area contributed by atoms with Gasteiger partial charge in [-0.25, -0.2) is 4.99 Å². The third-order valence-corrected chi connectivity index (χ3v) is 2.19. The van der Waals surface area contributed by atoms with Crippen LogP contribution in [0.2, 0.25) is 0 Å². The van der Waals surface area contributed by atoms with E-state index in [2.05, 4.69) is 42.5 Å². The van der Waals surface area contributed by atoms with Gasteiger partial charge in [0, 0.05) is 5.56 Å². The van der Waals surface area contributed by atoms with Gasteiger partial charge in [-0.1, -0.05) is 30.3 Å². The number of benzene rings is 1. The van der Waals surface area contributed by atoms with Crippen LogP contribution in [0.4, 0.5) is 0 Å². The molecule has 66 valence electrons. The Morgan fingerprint density at radius 1 is 1.23 bits per heavy atom. The van der Waals surface area contributed by atoms with Gasteiger partial charge in [-0.2, -0.15) is 0 Å². The van der Waals surface area contributed by atoms with Gasteiger partial charge in [0.15, 0.2) is 6.34 Å². The number of hydrogen-bond acceptors (Lipinski definition) is 1. The summed E-state index contributed by atoms with van der Waals surface area (Å²) in [5, 5.41) is 0. The molecular weight excluding hydrogens is 160 g/mol. The third-order valence-electron chi connectivity index (χ3n) is 2.19. The van der Waals surface area contributed by atoms with E-state index < -0.39 is 0 Å². The Bertz CT molecular complexity index is 326. The van der Waals surface area contributed by atoms with Gasteiger partial charge in [0.2, 0.25) is 0 Å². The van der Waals surface area contributed by atoms with Crippen LogP contribution in [0.15, 0.2) is 47.7 Å². The normalized spacial score (nSPS) is 25.3. The third kappa shape index (κ3) is 1.84. The monoisotopic (exact) mass is 173 g/mol. The standard InChI is InChI=1S/C11H13N2/c1-13(8-7-12-10-13)9-11-5-3-2-4-6-11/h2-8,10H,9H2,1H3/q+1. The molecule has 1 atom stereocenters. The van der Waals surface area contributed by atoms with E-state index in [0.29, 0.717) is 0 Å². The lowest BCUT2D eigenvalue weighted by molar-refractivity contribution is -0.771. The molecule has 0 bridgehead atoms. The molecule has 0 aliphatic carbocycles. The zero-order chi connectivity index (χ0) is 9.15. The number of nitrogens with zero attached hydrogens (tertiary/aromatic N) is 2. The molecule has 1 unspecified atom stereocenters. The van der Waals surface area contributed by atoms with Crippen molar-refractivity contribution in [3.8, 4) is 0 Å². The van der Waals surface area contributed by atoms with E-state index in [0.717, 1.165) is 11.0 Å². The first-order valence-electron chi connectivity index (χ1n) is 4.39. The predicted octanol–water partition coefficient (Wildman–Crippen LogP) is 2.15. The Morgan fingerprint density at radius 2 is 2.00 bits per heavy atom. The zero-order valence-corrected chi connectivity index (χ0v) is 7.72. The van der Waals surface area contributed by atoms with Crippen LogP contribution < -0.4 is 0 Å². The molecule has 1 aliphatic rings. The van der Waals surface area contributed by atoms with E-state index in [1.807, 2.05) is 18.6 Å². The van der Waals surface area contributed by atoms with E-state index in [-0.39, 0.29) is 0 Å². The molecule has 0 saturated heterocycles. The summed E-state index contributed by atoms with van der Waals surface area (Å²) in [6.07, 6.45) is 5.89. The van der Waals surface area contributed by atoms with Gasteiger partial charge in [0.1, 0.15) is 12.7 Å². The van der Waals surface area contributed by atoms with Gasteiger partial charge in [-0.15, -0.1) is 0 Å². The fraction of sp³-hybridized carbons (Fsp3) is 0.182. The molecule has 13 heavy (non-hydrogen) atoms. The molecule has 2 nitrogen and oxygen atoms in total. The van der Waals surface area contributed by atoms with Crippen molar-refractivity contribution in [1.82, 2.24) is 0 Å². The average Bonchev–Trinajstić information content (AvgIpc) is 2.54. The van der Waals surface area contributed by atoms with Crippen molar-refractivity contribution in [2.24, 2.45) is 4.99 Å². The Morgan fingerprint density at radius 3 is 2.62 bits per heavy atom. The van der Waals surface area contributed by atoms with E-state index >= 15 is 0 Å². The highest BCUT2D eigenvalue weighted by molar-refractivity contribution is 5.50. The van der Waals surface area contributed by atoms with Crippen LogP contribution >= 0.6 is 0 Å².